The molecule has 4 aliphatic carbocycles. The Balaban J connectivity index is 1.79. The molecular formula is C22H30N2O11S. The molecule has 0 heterocycles. The SMILES string of the molecule is C[C@]12CCC(=O)C=C1CC[C@@H]1[C@@H]2[C@@H](O[N+](=O)[O-])C[C@@]2(C)[C@H]1CC[C@]2(O[N+](=O)[O-])C(=O)COS(C)(=O)=O. The van der Waals surface area contributed by atoms with Crippen LogP contribution in [0.15, 0.2) is 11.6 Å². The van der Waals surface area contributed by atoms with Gasteiger partial charge in [0.05, 0.1) is 6.26 Å². The number of nitrogens with zero attached hydrogens (tertiary/aromatic N) is 2. The fourth-order valence-electron chi connectivity index (χ4n) is 7.91. The van der Waals surface area contributed by atoms with Crippen molar-refractivity contribution in [2.45, 2.75) is 70.5 Å². The Morgan fingerprint density at radius 2 is 1.83 bits per heavy atom. The molecule has 0 aromatic rings. The number of allylic oxidation sites excluding steroid dienone is 1. The lowest BCUT2D eigenvalue weighted by Crippen LogP contribution is -2.63. The lowest BCUT2D eigenvalue weighted by Gasteiger charge is -2.60. The first-order valence-corrected chi connectivity index (χ1v) is 13.7. The summed E-state index contributed by atoms with van der Waals surface area (Å²) < 4.78 is 27.7. The number of hydrogen-bond donors (Lipinski definition) is 0. The van der Waals surface area contributed by atoms with Crippen LogP contribution < -0.4 is 0 Å². The molecule has 0 saturated heterocycles. The van der Waals surface area contributed by atoms with E-state index in [1.807, 2.05) is 6.92 Å². The molecule has 0 spiro atoms. The maximum absolute atomic E-state index is 13.4. The number of ketones is 2. The molecule has 13 nitrogen and oxygen atoms in total. The zero-order chi connectivity index (χ0) is 26.7. The first-order chi connectivity index (χ1) is 16.6. The lowest BCUT2D eigenvalue weighted by atomic mass is 9.45. The van der Waals surface area contributed by atoms with Gasteiger partial charge in [0.2, 0.25) is 0 Å². The summed E-state index contributed by atoms with van der Waals surface area (Å²) in [5.74, 6) is -1.71. The minimum atomic E-state index is -4.02. The van der Waals surface area contributed by atoms with Gasteiger partial charge in [0.1, 0.15) is 12.7 Å². The van der Waals surface area contributed by atoms with E-state index < -0.39 is 55.2 Å². The van der Waals surface area contributed by atoms with Crippen molar-refractivity contribution in [1.29, 1.82) is 0 Å². The van der Waals surface area contributed by atoms with Crippen molar-refractivity contribution in [2.75, 3.05) is 12.9 Å². The summed E-state index contributed by atoms with van der Waals surface area (Å²) >= 11 is 0. The van der Waals surface area contributed by atoms with E-state index in [1.165, 1.54) is 0 Å². The highest BCUT2D eigenvalue weighted by molar-refractivity contribution is 7.86. The van der Waals surface area contributed by atoms with E-state index in [4.69, 9.17) is 9.68 Å². The molecular weight excluding hydrogens is 500 g/mol. The monoisotopic (exact) mass is 530 g/mol. The molecule has 0 aromatic carbocycles. The Hall–Kier alpha value is -2.61. The van der Waals surface area contributed by atoms with Crippen LogP contribution in [0.3, 0.4) is 0 Å². The molecule has 0 unspecified atom stereocenters. The van der Waals surface area contributed by atoms with Gasteiger partial charge in [-0.2, -0.15) is 8.42 Å². The van der Waals surface area contributed by atoms with Gasteiger partial charge in [-0.05, 0) is 67.8 Å². The number of carbonyl (C=O) groups is 2. The second-order valence-corrected chi connectivity index (χ2v) is 12.6. The Morgan fingerprint density at radius 3 is 2.44 bits per heavy atom. The maximum Gasteiger partial charge on any atom is 0.295 e. The Morgan fingerprint density at radius 1 is 1.14 bits per heavy atom. The van der Waals surface area contributed by atoms with Gasteiger partial charge in [-0.15, -0.1) is 20.2 Å². The average molecular weight is 531 g/mol. The number of carbonyl (C=O) groups excluding carboxylic acids is 2. The molecule has 7 atom stereocenters. The lowest BCUT2D eigenvalue weighted by molar-refractivity contribution is -0.784. The first-order valence-electron chi connectivity index (χ1n) is 11.9. The van der Waals surface area contributed by atoms with Crippen LogP contribution in [0.2, 0.25) is 0 Å². The zero-order valence-electron chi connectivity index (χ0n) is 20.3. The topological polar surface area (TPSA) is 182 Å². The van der Waals surface area contributed by atoms with E-state index in [0.29, 0.717) is 32.1 Å². The Kier molecular flexibility index (Phi) is 6.43. The number of Topliss-reactive ketones (excluding diaryl/α,β-unsaturated/α-hetero) is 1. The molecule has 14 heteroatoms. The van der Waals surface area contributed by atoms with Gasteiger partial charge in [0.25, 0.3) is 20.3 Å². The summed E-state index contributed by atoms with van der Waals surface area (Å²) in [5.41, 5.74) is -2.91. The summed E-state index contributed by atoms with van der Waals surface area (Å²) in [6.07, 6.45) is 3.59. The van der Waals surface area contributed by atoms with Crippen molar-refractivity contribution in [3.8, 4) is 0 Å². The van der Waals surface area contributed by atoms with E-state index >= 15 is 0 Å². The third-order valence-corrected chi connectivity index (χ3v) is 9.85. The quantitative estimate of drug-likeness (QED) is 0.255. The van der Waals surface area contributed by atoms with Crippen molar-refractivity contribution in [2.24, 2.45) is 28.6 Å². The van der Waals surface area contributed by atoms with E-state index in [0.717, 1.165) is 11.8 Å². The molecule has 0 amide bonds. The van der Waals surface area contributed by atoms with Crippen molar-refractivity contribution in [1.82, 2.24) is 0 Å². The van der Waals surface area contributed by atoms with Crippen LogP contribution in [0.4, 0.5) is 0 Å². The summed E-state index contributed by atoms with van der Waals surface area (Å²) in [4.78, 5) is 59.0. The van der Waals surface area contributed by atoms with Crippen LogP contribution in [0, 0.1) is 48.8 Å². The predicted octanol–water partition coefficient (Wildman–Crippen LogP) is 2.20. The van der Waals surface area contributed by atoms with Gasteiger partial charge in [0, 0.05) is 11.8 Å². The average Bonchev–Trinajstić information content (AvgIpc) is 3.03. The van der Waals surface area contributed by atoms with Crippen LogP contribution in [0.1, 0.15) is 58.8 Å². The third-order valence-electron chi connectivity index (χ3n) is 9.30. The van der Waals surface area contributed by atoms with E-state index in [-0.39, 0.29) is 36.4 Å². The van der Waals surface area contributed by atoms with Crippen molar-refractivity contribution in [3.05, 3.63) is 31.9 Å². The molecule has 0 radical (unpaired) electrons. The molecule has 0 aromatic heterocycles. The predicted molar refractivity (Wildman–Crippen MR) is 121 cm³/mol. The highest BCUT2D eigenvalue weighted by atomic mass is 32.2. The summed E-state index contributed by atoms with van der Waals surface area (Å²) in [5, 5.41) is 21.2. The van der Waals surface area contributed by atoms with Gasteiger partial charge in [-0.25, -0.2) is 0 Å². The maximum atomic E-state index is 13.4. The molecule has 0 bridgehead atoms. The third kappa shape index (κ3) is 4.17. The summed E-state index contributed by atoms with van der Waals surface area (Å²) in [7, 11) is -4.02. The summed E-state index contributed by atoms with van der Waals surface area (Å²) in [6, 6.07) is 0. The van der Waals surface area contributed by atoms with E-state index in [1.54, 1.807) is 13.0 Å². The van der Waals surface area contributed by atoms with Crippen LogP contribution in [0.25, 0.3) is 0 Å². The largest absolute Gasteiger partial charge is 0.310 e. The number of rotatable bonds is 8. The number of hydrogen-bond acceptors (Lipinski definition) is 11. The molecule has 4 aliphatic rings. The fourth-order valence-corrected chi connectivity index (χ4v) is 8.23. The van der Waals surface area contributed by atoms with Gasteiger partial charge >= 0.3 is 0 Å². The summed E-state index contributed by atoms with van der Waals surface area (Å²) in [6.45, 7) is 2.68. The standard InChI is InChI=1S/C22H30N2O11S/c1-20-8-6-14(25)10-13(20)4-5-15-16-7-9-22(35-24(29)30,18(26)12-33-36(3,31)32)21(16,2)11-17(19(15)20)34-23(27)28/h10,15-17,19H,4-9,11-12H2,1-3H3/t15-,16-,17-,19+,20-,21-,22-/m0/s1. The Bertz CT molecular complexity index is 1140. The highest BCUT2D eigenvalue weighted by Gasteiger charge is 2.71. The molecule has 3 fully saturated rings. The van der Waals surface area contributed by atoms with Crippen molar-refractivity contribution >= 4 is 21.7 Å². The van der Waals surface area contributed by atoms with Crippen LogP contribution >= 0.6 is 0 Å². The van der Waals surface area contributed by atoms with Crippen molar-refractivity contribution < 1.29 is 42.0 Å². The molecule has 3 saturated carbocycles. The minimum Gasteiger partial charge on any atom is -0.310 e. The molecule has 36 heavy (non-hydrogen) atoms. The van der Waals surface area contributed by atoms with Gasteiger partial charge in [-0.1, -0.05) is 19.4 Å². The normalized spacial score (nSPS) is 39.8. The van der Waals surface area contributed by atoms with E-state index in [2.05, 4.69) is 4.18 Å². The van der Waals surface area contributed by atoms with Crippen molar-refractivity contribution in [3.63, 3.8) is 0 Å². The van der Waals surface area contributed by atoms with Crippen LogP contribution in [0.5, 0.6) is 0 Å². The smallest absolute Gasteiger partial charge is 0.295 e. The van der Waals surface area contributed by atoms with Crippen LogP contribution in [-0.2, 0) is 33.6 Å². The molecule has 4 rings (SSSR count). The second-order valence-electron chi connectivity index (χ2n) is 10.9. The first kappa shape index (κ1) is 26.5. The molecule has 200 valence electrons. The molecule has 0 N–H and O–H groups in total. The Labute approximate surface area is 207 Å². The fraction of sp³-hybridized carbons (Fsp3) is 0.818. The molecule has 0 aliphatic heterocycles. The van der Waals surface area contributed by atoms with E-state index in [9.17, 15) is 38.2 Å². The minimum absolute atomic E-state index is 0.0176. The van der Waals surface area contributed by atoms with Gasteiger partial charge in [-0.3, -0.25) is 18.6 Å². The number of fused-ring (bicyclic) bond motifs is 5. The zero-order valence-corrected chi connectivity index (χ0v) is 21.2. The van der Waals surface area contributed by atoms with Gasteiger partial charge < -0.3 is 4.84 Å². The van der Waals surface area contributed by atoms with Gasteiger partial charge in [0.15, 0.2) is 17.2 Å². The second kappa shape index (κ2) is 8.75. The highest BCUT2D eigenvalue weighted by Crippen LogP contribution is 2.68. The van der Waals surface area contributed by atoms with Crippen LogP contribution in [-0.4, -0.2) is 54.7 Å².